The second-order valence-electron chi connectivity index (χ2n) is 9.33. The molecule has 1 aromatic heterocycles. The molecule has 0 saturated carbocycles. The van der Waals surface area contributed by atoms with E-state index in [0.29, 0.717) is 18.9 Å². The molecule has 1 N–H and O–H groups in total. The summed E-state index contributed by atoms with van der Waals surface area (Å²) in [5.74, 6) is 0.374. The minimum absolute atomic E-state index is 0.0838. The number of rotatable bonds is 5. The van der Waals surface area contributed by atoms with E-state index in [1.807, 2.05) is 4.90 Å². The van der Waals surface area contributed by atoms with E-state index in [4.69, 9.17) is 0 Å². The van der Waals surface area contributed by atoms with E-state index < -0.39 is 21.4 Å². The number of benzene rings is 2. The fourth-order valence-corrected chi connectivity index (χ4v) is 6.67. The molecule has 8 nitrogen and oxygen atoms in total. The van der Waals surface area contributed by atoms with Gasteiger partial charge in [-0.25, -0.2) is 13.4 Å². The average Bonchev–Trinajstić information content (AvgIpc) is 3.37. The molecule has 1 amide bonds. The number of aromatic nitrogens is 1. The Morgan fingerprint density at radius 1 is 0.944 bits per heavy atom. The van der Waals surface area contributed by atoms with Crippen LogP contribution in [0.4, 0.5) is 11.5 Å². The second-order valence-corrected chi connectivity index (χ2v) is 11.3. The third-order valence-electron chi connectivity index (χ3n) is 6.94. The van der Waals surface area contributed by atoms with Crippen molar-refractivity contribution >= 4 is 27.2 Å². The molecule has 2 aliphatic heterocycles. The van der Waals surface area contributed by atoms with Gasteiger partial charge in [-0.2, -0.15) is 0 Å². The van der Waals surface area contributed by atoms with Gasteiger partial charge in [0, 0.05) is 44.6 Å². The van der Waals surface area contributed by atoms with Crippen LogP contribution in [0, 0.1) is 13.8 Å². The lowest BCUT2D eigenvalue weighted by atomic mass is 10.1. The van der Waals surface area contributed by atoms with Crippen LogP contribution in [0.2, 0.25) is 0 Å². The Kier molecular flexibility index (Phi) is 6.68. The van der Waals surface area contributed by atoms with Gasteiger partial charge in [-0.3, -0.25) is 10.1 Å². The van der Waals surface area contributed by atoms with Gasteiger partial charge in [0.1, 0.15) is 11.9 Å². The van der Waals surface area contributed by atoms with Crippen molar-refractivity contribution in [3.8, 4) is 0 Å². The molecule has 3 heterocycles. The number of carbonyl (C=O) groups excluding carboxylic acids is 1. The first-order chi connectivity index (χ1) is 17.4. The molecule has 2 aromatic carbocycles. The third kappa shape index (κ3) is 4.56. The Balaban J connectivity index is 1.38. The first-order valence-corrected chi connectivity index (χ1v) is 13.7. The summed E-state index contributed by atoms with van der Waals surface area (Å²) in [4.78, 5) is 24.2. The van der Waals surface area contributed by atoms with Gasteiger partial charge in [0.05, 0.1) is 4.90 Å². The summed E-state index contributed by atoms with van der Waals surface area (Å²) in [6.07, 6.45) is 1.62. The fraction of sp³-hybridized carbons (Fsp3) is 0.333. The number of piperazine rings is 1. The third-order valence-corrected chi connectivity index (χ3v) is 8.85. The molecule has 0 bridgehead atoms. The monoisotopic (exact) mass is 505 g/mol. The Morgan fingerprint density at radius 3 is 2.36 bits per heavy atom. The molecule has 3 aromatic rings. The van der Waals surface area contributed by atoms with Crippen molar-refractivity contribution in [2.75, 3.05) is 42.5 Å². The Bertz CT molecular complexity index is 1330. The van der Waals surface area contributed by atoms with Gasteiger partial charge >= 0.3 is 0 Å². The van der Waals surface area contributed by atoms with Crippen LogP contribution in [0.5, 0.6) is 0 Å². The fourth-order valence-electron chi connectivity index (χ4n) is 5.00. The van der Waals surface area contributed by atoms with Crippen LogP contribution in [-0.2, 0) is 14.6 Å². The van der Waals surface area contributed by atoms with E-state index in [-0.39, 0.29) is 17.3 Å². The Hall–Kier alpha value is -3.43. The zero-order valence-corrected chi connectivity index (χ0v) is 21.4. The number of nitrogens with zero attached hydrogens (tertiary/aromatic N) is 4. The quantitative estimate of drug-likeness (QED) is 0.571. The molecular weight excluding hydrogens is 474 g/mol. The van der Waals surface area contributed by atoms with E-state index >= 15 is 0 Å². The molecular formula is C27H31N5O3S. The number of aryl methyl sites for hydroxylation is 2. The number of hydrogen-bond donors (Lipinski definition) is 1. The second kappa shape index (κ2) is 9.91. The standard InChI is InChI=1S/C27H31N5O3S/c1-20-11-12-21(2)23(18-20)30-14-16-31(17-15-30)26(33)24-19-29-27(32(24)25-10-6-7-13-28-25)36(34,35)22-8-4-3-5-9-22/h3-13,18,24,27,29H,14-17,19H2,1-2H3/t24?,27-/m0/s1. The topological polar surface area (TPSA) is 85.8 Å². The molecule has 2 saturated heterocycles. The van der Waals surface area contributed by atoms with Crippen LogP contribution in [0.3, 0.4) is 0 Å². The van der Waals surface area contributed by atoms with Crippen LogP contribution < -0.4 is 15.1 Å². The van der Waals surface area contributed by atoms with Gasteiger partial charge in [-0.05, 0) is 55.3 Å². The van der Waals surface area contributed by atoms with Crippen molar-refractivity contribution in [1.82, 2.24) is 15.2 Å². The van der Waals surface area contributed by atoms with Crippen molar-refractivity contribution in [1.29, 1.82) is 0 Å². The highest BCUT2D eigenvalue weighted by Crippen LogP contribution is 2.29. The zero-order chi connectivity index (χ0) is 25.3. The molecule has 2 aliphatic rings. The van der Waals surface area contributed by atoms with Crippen molar-refractivity contribution in [3.63, 3.8) is 0 Å². The van der Waals surface area contributed by atoms with Crippen molar-refractivity contribution < 1.29 is 13.2 Å². The van der Waals surface area contributed by atoms with Gasteiger partial charge in [-0.1, -0.05) is 36.4 Å². The summed E-state index contributed by atoms with van der Waals surface area (Å²) < 4.78 is 27.1. The summed E-state index contributed by atoms with van der Waals surface area (Å²) in [6.45, 7) is 7.03. The number of carbonyl (C=O) groups is 1. The predicted octanol–water partition coefficient (Wildman–Crippen LogP) is 2.58. The molecule has 36 heavy (non-hydrogen) atoms. The van der Waals surface area contributed by atoms with Gasteiger partial charge in [0.25, 0.3) is 0 Å². The lowest BCUT2D eigenvalue weighted by Crippen LogP contribution is -2.56. The van der Waals surface area contributed by atoms with Crippen molar-refractivity contribution in [2.24, 2.45) is 0 Å². The minimum Gasteiger partial charge on any atom is -0.368 e. The maximum atomic E-state index is 13.8. The molecule has 0 spiro atoms. The van der Waals surface area contributed by atoms with E-state index in [9.17, 15) is 13.2 Å². The average molecular weight is 506 g/mol. The van der Waals surface area contributed by atoms with Gasteiger partial charge < -0.3 is 14.7 Å². The van der Waals surface area contributed by atoms with Crippen LogP contribution in [-0.4, -0.2) is 68.5 Å². The van der Waals surface area contributed by atoms with Crippen molar-refractivity contribution in [2.45, 2.75) is 30.3 Å². The molecule has 5 rings (SSSR count). The Labute approximate surface area is 212 Å². The highest BCUT2D eigenvalue weighted by atomic mass is 32.2. The zero-order valence-electron chi connectivity index (χ0n) is 20.5. The van der Waals surface area contributed by atoms with Crippen LogP contribution in [0.25, 0.3) is 0 Å². The highest BCUT2D eigenvalue weighted by Gasteiger charge is 2.46. The van der Waals surface area contributed by atoms with Crippen molar-refractivity contribution in [3.05, 3.63) is 84.1 Å². The normalized spacial score (nSPS) is 20.6. The first-order valence-electron chi connectivity index (χ1n) is 12.2. The van der Waals surface area contributed by atoms with Gasteiger partial charge in [0.15, 0.2) is 5.50 Å². The predicted molar refractivity (Wildman–Crippen MR) is 141 cm³/mol. The summed E-state index contributed by atoms with van der Waals surface area (Å²) in [7, 11) is -3.79. The largest absolute Gasteiger partial charge is 0.368 e. The summed E-state index contributed by atoms with van der Waals surface area (Å²) in [6, 6.07) is 19.4. The summed E-state index contributed by atoms with van der Waals surface area (Å²) in [5.41, 5.74) is 2.55. The Morgan fingerprint density at radius 2 is 1.67 bits per heavy atom. The smallest absolute Gasteiger partial charge is 0.246 e. The molecule has 9 heteroatoms. The van der Waals surface area contributed by atoms with E-state index in [1.54, 1.807) is 59.6 Å². The maximum Gasteiger partial charge on any atom is 0.246 e. The number of nitrogens with one attached hydrogen (secondary N) is 1. The maximum absolute atomic E-state index is 13.8. The molecule has 2 fully saturated rings. The van der Waals surface area contributed by atoms with E-state index in [1.165, 1.54) is 16.8 Å². The highest BCUT2D eigenvalue weighted by molar-refractivity contribution is 7.92. The SMILES string of the molecule is Cc1ccc(C)c(N2CCN(C(=O)C3CN[C@H](S(=O)(=O)c4ccccc4)N3c3ccccn3)CC2)c1. The van der Waals surface area contributed by atoms with Crippen LogP contribution in [0.15, 0.2) is 77.8 Å². The van der Waals surface area contributed by atoms with Crippen LogP contribution in [0.1, 0.15) is 11.1 Å². The lowest BCUT2D eigenvalue weighted by molar-refractivity contribution is -0.132. The van der Waals surface area contributed by atoms with Gasteiger partial charge in [0.2, 0.25) is 15.7 Å². The molecule has 188 valence electrons. The number of pyridine rings is 1. The molecule has 0 aliphatic carbocycles. The molecule has 2 atom stereocenters. The number of hydrogen-bond acceptors (Lipinski definition) is 7. The number of anilines is 2. The minimum atomic E-state index is -3.79. The molecule has 1 unspecified atom stereocenters. The summed E-state index contributed by atoms with van der Waals surface area (Å²) in [5, 5.41) is 3.10. The van der Waals surface area contributed by atoms with Crippen LogP contribution >= 0.6 is 0 Å². The number of amides is 1. The van der Waals surface area contributed by atoms with E-state index in [2.05, 4.69) is 47.2 Å². The first kappa shape index (κ1) is 24.3. The lowest BCUT2D eigenvalue weighted by Gasteiger charge is -2.39. The number of sulfone groups is 1. The van der Waals surface area contributed by atoms with Gasteiger partial charge in [-0.15, -0.1) is 0 Å². The van der Waals surface area contributed by atoms with E-state index in [0.717, 1.165) is 13.1 Å². The molecule has 0 radical (unpaired) electrons. The summed E-state index contributed by atoms with van der Waals surface area (Å²) >= 11 is 0.